The van der Waals surface area contributed by atoms with Gasteiger partial charge in [0, 0.05) is 6.54 Å². The summed E-state index contributed by atoms with van der Waals surface area (Å²) in [4.78, 5) is 26.5. The lowest BCUT2D eigenvalue weighted by atomic mass is 10.1. The summed E-state index contributed by atoms with van der Waals surface area (Å²) >= 11 is 0. The fourth-order valence-electron chi connectivity index (χ4n) is 2.81. The van der Waals surface area contributed by atoms with Gasteiger partial charge in [-0.25, -0.2) is 0 Å². The monoisotopic (exact) mass is 272 g/mol. The van der Waals surface area contributed by atoms with E-state index in [0.29, 0.717) is 30.8 Å². The van der Waals surface area contributed by atoms with Gasteiger partial charge in [0.1, 0.15) is 6.04 Å². The predicted octanol–water partition coefficient (Wildman–Crippen LogP) is 1.42. The van der Waals surface area contributed by atoms with Crippen LogP contribution in [0, 0.1) is 0 Å². The summed E-state index contributed by atoms with van der Waals surface area (Å²) in [6, 6.07) is 6.51. The van der Waals surface area contributed by atoms with E-state index in [0.717, 1.165) is 0 Å². The van der Waals surface area contributed by atoms with Crippen molar-refractivity contribution >= 4 is 17.5 Å². The Morgan fingerprint density at radius 2 is 2.20 bits per heavy atom. The first-order valence-electron chi connectivity index (χ1n) is 6.65. The number of para-hydroxylation sites is 1. The third-order valence-electron chi connectivity index (χ3n) is 3.72. The Kier molecular flexibility index (Phi) is 3.28. The highest BCUT2D eigenvalue weighted by Gasteiger charge is 2.45. The maximum Gasteiger partial charge on any atom is 0.256 e. The van der Waals surface area contributed by atoms with Crippen molar-refractivity contribution in [3.05, 3.63) is 42.5 Å². The van der Waals surface area contributed by atoms with E-state index in [4.69, 9.17) is 4.74 Å². The molecule has 0 bridgehead atoms. The lowest BCUT2D eigenvalue weighted by Gasteiger charge is -2.24. The van der Waals surface area contributed by atoms with Crippen LogP contribution in [-0.2, 0) is 9.53 Å². The summed E-state index contributed by atoms with van der Waals surface area (Å²) < 4.78 is 5.62. The molecule has 1 aromatic rings. The normalized spacial score (nSPS) is 24.7. The first-order valence-corrected chi connectivity index (χ1v) is 6.65. The van der Waals surface area contributed by atoms with Crippen molar-refractivity contribution in [3.8, 4) is 0 Å². The number of carbonyl (C=O) groups is 2. The van der Waals surface area contributed by atoms with Crippen LogP contribution in [-0.4, -0.2) is 42.0 Å². The molecule has 2 atom stereocenters. The second-order valence-corrected chi connectivity index (χ2v) is 4.93. The van der Waals surface area contributed by atoms with Gasteiger partial charge in [-0.05, 0) is 18.6 Å². The minimum Gasteiger partial charge on any atom is -0.371 e. The third kappa shape index (κ3) is 2.00. The average molecular weight is 272 g/mol. The summed E-state index contributed by atoms with van der Waals surface area (Å²) in [6.07, 6.45) is 2.04. The van der Waals surface area contributed by atoms with E-state index >= 15 is 0 Å². The standard InChI is InChI=1S/C15H16N2O3/c1-2-9-20-12-7-8-17-13(12)14(18)16-11-6-4-3-5-10(11)15(17)19/h2-6,12-13H,1,7-9H2,(H,16,18)/t12-,13+/m1/s1. The molecule has 3 rings (SSSR count). The minimum atomic E-state index is -0.560. The number of fused-ring (bicyclic) bond motifs is 2. The third-order valence-corrected chi connectivity index (χ3v) is 3.72. The first-order chi connectivity index (χ1) is 9.72. The van der Waals surface area contributed by atoms with Gasteiger partial charge in [-0.1, -0.05) is 18.2 Å². The molecule has 5 nitrogen and oxygen atoms in total. The predicted molar refractivity (Wildman–Crippen MR) is 74.5 cm³/mol. The lowest BCUT2D eigenvalue weighted by Crippen LogP contribution is -2.46. The Bertz CT molecular complexity index is 570. The highest BCUT2D eigenvalue weighted by molar-refractivity contribution is 6.10. The van der Waals surface area contributed by atoms with Crippen molar-refractivity contribution in [2.45, 2.75) is 18.6 Å². The quantitative estimate of drug-likeness (QED) is 0.847. The molecule has 1 N–H and O–H groups in total. The van der Waals surface area contributed by atoms with Crippen molar-refractivity contribution in [1.82, 2.24) is 4.90 Å². The molecule has 0 radical (unpaired) electrons. The number of hydrogen-bond donors (Lipinski definition) is 1. The molecule has 1 fully saturated rings. The molecular weight excluding hydrogens is 256 g/mol. The average Bonchev–Trinajstić information content (AvgIpc) is 2.84. The fraction of sp³-hybridized carbons (Fsp3) is 0.333. The number of carbonyl (C=O) groups excluding carboxylic acids is 2. The van der Waals surface area contributed by atoms with Gasteiger partial charge in [0.25, 0.3) is 5.91 Å². The van der Waals surface area contributed by atoms with Crippen LogP contribution in [0.3, 0.4) is 0 Å². The number of benzene rings is 1. The van der Waals surface area contributed by atoms with E-state index in [2.05, 4.69) is 11.9 Å². The van der Waals surface area contributed by atoms with Crippen molar-refractivity contribution in [1.29, 1.82) is 0 Å². The van der Waals surface area contributed by atoms with E-state index in [1.807, 2.05) is 0 Å². The van der Waals surface area contributed by atoms with Gasteiger partial charge in [-0.15, -0.1) is 6.58 Å². The van der Waals surface area contributed by atoms with Crippen molar-refractivity contribution < 1.29 is 14.3 Å². The summed E-state index contributed by atoms with van der Waals surface area (Å²) in [7, 11) is 0. The Hall–Kier alpha value is -2.14. The molecule has 2 aliphatic rings. The van der Waals surface area contributed by atoms with Crippen molar-refractivity contribution in [2.24, 2.45) is 0 Å². The Balaban J connectivity index is 1.94. The second-order valence-electron chi connectivity index (χ2n) is 4.93. The number of nitrogens with zero attached hydrogens (tertiary/aromatic N) is 1. The van der Waals surface area contributed by atoms with Gasteiger partial charge in [0.15, 0.2) is 0 Å². The number of amides is 2. The van der Waals surface area contributed by atoms with Crippen LogP contribution < -0.4 is 5.32 Å². The maximum absolute atomic E-state index is 12.5. The van der Waals surface area contributed by atoms with Gasteiger partial charge in [-0.2, -0.15) is 0 Å². The SMILES string of the molecule is C=CCO[C@@H]1CCN2C(=O)c3ccccc3NC(=O)[C@H]12. The second kappa shape index (κ2) is 5.09. The molecule has 2 aliphatic heterocycles. The smallest absolute Gasteiger partial charge is 0.256 e. The highest BCUT2D eigenvalue weighted by Crippen LogP contribution is 2.30. The van der Waals surface area contributed by atoms with Crippen LogP contribution in [0.1, 0.15) is 16.8 Å². The van der Waals surface area contributed by atoms with Gasteiger partial charge in [0.05, 0.1) is 24.0 Å². The molecule has 0 spiro atoms. The molecular formula is C15H16N2O3. The highest BCUT2D eigenvalue weighted by atomic mass is 16.5. The zero-order chi connectivity index (χ0) is 14.1. The number of nitrogens with one attached hydrogen (secondary N) is 1. The summed E-state index contributed by atoms with van der Waals surface area (Å²) in [5, 5.41) is 2.82. The Morgan fingerprint density at radius 1 is 1.40 bits per heavy atom. The summed E-state index contributed by atoms with van der Waals surface area (Å²) in [6.45, 7) is 4.52. The van der Waals surface area contributed by atoms with Crippen LogP contribution >= 0.6 is 0 Å². The molecule has 1 saturated heterocycles. The van der Waals surface area contributed by atoms with E-state index in [9.17, 15) is 9.59 Å². The zero-order valence-electron chi connectivity index (χ0n) is 11.0. The van der Waals surface area contributed by atoms with Crippen LogP contribution in [0.5, 0.6) is 0 Å². The number of rotatable bonds is 3. The topological polar surface area (TPSA) is 58.6 Å². The van der Waals surface area contributed by atoms with Gasteiger partial charge >= 0.3 is 0 Å². The first kappa shape index (κ1) is 12.9. The molecule has 5 heteroatoms. The van der Waals surface area contributed by atoms with Gasteiger partial charge < -0.3 is 15.0 Å². The zero-order valence-corrected chi connectivity index (χ0v) is 11.0. The van der Waals surface area contributed by atoms with E-state index in [1.165, 1.54) is 0 Å². The lowest BCUT2D eigenvalue weighted by molar-refractivity contribution is -0.122. The minimum absolute atomic E-state index is 0.117. The van der Waals surface area contributed by atoms with Crippen molar-refractivity contribution in [3.63, 3.8) is 0 Å². The molecule has 2 heterocycles. The molecule has 0 unspecified atom stereocenters. The van der Waals surface area contributed by atoms with Crippen LogP contribution in [0.2, 0.25) is 0 Å². The van der Waals surface area contributed by atoms with Gasteiger partial charge in [-0.3, -0.25) is 9.59 Å². The molecule has 20 heavy (non-hydrogen) atoms. The number of hydrogen-bond acceptors (Lipinski definition) is 3. The van der Waals surface area contributed by atoms with Gasteiger partial charge in [0.2, 0.25) is 5.91 Å². The number of anilines is 1. The van der Waals surface area contributed by atoms with E-state index < -0.39 is 6.04 Å². The summed E-state index contributed by atoms with van der Waals surface area (Å²) in [5.74, 6) is -0.302. The molecule has 0 aliphatic carbocycles. The Labute approximate surface area is 117 Å². The van der Waals surface area contributed by atoms with Crippen LogP contribution in [0.4, 0.5) is 5.69 Å². The van der Waals surface area contributed by atoms with E-state index in [1.54, 1.807) is 35.2 Å². The van der Waals surface area contributed by atoms with Crippen LogP contribution in [0.15, 0.2) is 36.9 Å². The maximum atomic E-state index is 12.5. The molecule has 0 saturated carbocycles. The Morgan fingerprint density at radius 3 is 3.00 bits per heavy atom. The number of ether oxygens (including phenoxy) is 1. The molecule has 0 aromatic heterocycles. The summed E-state index contributed by atoms with van der Waals surface area (Å²) in [5.41, 5.74) is 1.10. The van der Waals surface area contributed by atoms with Crippen LogP contribution in [0.25, 0.3) is 0 Å². The van der Waals surface area contributed by atoms with Crippen molar-refractivity contribution in [2.75, 3.05) is 18.5 Å². The molecule has 104 valence electrons. The molecule has 1 aromatic carbocycles. The molecule has 2 amide bonds. The fourth-order valence-corrected chi connectivity index (χ4v) is 2.81. The van der Waals surface area contributed by atoms with E-state index in [-0.39, 0.29) is 17.9 Å². The largest absolute Gasteiger partial charge is 0.371 e.